The van der Waals surface area contributed by atoms with Crippen molar-refractivity contribution < 1.29 is 27.8 Å². The van der Waals surface area contributed by atoms with Gasteiger partial charge in [0.05, 0.1) is 23.7 Å². The van der Waals surface area contributed by atoms with E-state index in [0.29, 0.717) is 5.03 Å². The van der Waals surface area contributed by atoms with E-state index in [4.69, 9.17) is 4.74 Å². The van der Waals surface area contributed by atoms with E-state index in [0.717, 1.165) is 10.9 Å². The van der Waals surface area contributed by atoms with Gasteiger partial charge in [-0.25, -0.2) is 19.6 Å². The standard InChI is InChI=1S/C23H20F2N4O4S/c1-2-32-21(30)18-16(11-34-20-13-7-3-5-9-15(13)26-12-27-20)28-23(31)29-19(18)14-8-4-6-10-17(14)33-22(24)25/h3-10,12,19,22H,2,11H2,1H3,(H2,28,29,31)/t19-/m1/s1. The average Bonchev–Trinajstić information content (AvgIpc) is 2.82. The Labute approximate surface area is 197 Å². The summed E-state index contributed by atoms with van der Waals surface area (Å²) in [5.74, 6) is -0.674. The molecule has 3 aromatic rings. The number of halogens is 2. The van der Waals surface area contributed by atoms with Crippen molar-refractivity contribution in [1.82, 2.24) is 20.6 Å². The number of hydrogen-bond acceptors (Lipinski definition) is 7. The Morgan fingerprint density at radius 1 is 1.15 bits per heavy atom. The number of esters is 1. The van der Waals surface area contributed by atoms with Crippen LogP contribution < -0.4 is 15.4 Å². The summed E-state index contributed by atoms with van der Waals surface area (Å²) in [6.07, 6.45) is 1.44. The maximum atomic E-state index is 13.0. The SMILES string of the molecule is CCOC(=O)C1=C(CSc2ncnc3ccccc23)NC(=O)N[C@@H]1c1ccccc1OC(F)F. The van der Waals surface area contributed by atoms with E-state index in [9.17, 15) is 18.4 Å². The predicted molar refractivity (Wildman–Crippen MR) is 121 cm³/mol. The van der Waals surface area contributed by atoms with Gasteiger partial charge in [0, 0.05) is 22.4 Å². The summed E-state index contributed by atoms with van der Waals surface area (Å²) in [4.78, 5) is 34.0. The van der Waals surface area contributed by atoms with Gasteiger partial charge in [-0.1, -0.05) is 48.2 Å². The molecule has 0 radical (unpaired) electrons. The number of hydrogen-bond donors (Lipinski definition) is 2. The Morgan fingerprint density at radius 3 is 2.71 bits per heavy atom. The van der Waals surface area contributed by atoms with Crippen LogP contribution in [0.1, 0.15) is 18.5 Å². The van der Waals surface area contributed by atoms with Gasteiger partial charge in [-0.2, -0.15) is 8.78 Å². The zero-order valence-corrected chi connectivity index (χ0v) is 18.8. The number of fused-ring (bicyclic) bond motifs is 1. The molecule has 2 heterocycles. The number of carbonyl (C=O) groups excluding carboxylic acids is 2. The minimum absolute atomic E-state index is 0.0924. The summed E-state index contributed by atoms with van der Waals surface area (Å²) < 4.78 is 35.8. The summed E-state index contributed by atoms with van der Waals surface area (Å²) in [6.45, 7) is -1.33. The molecule has 2 N–H and O–H groups in total. The van der Waals surface area contributed by atoms with E-state index in [1.54, 1.807) is 13.0 Å². The van der Waals surface area contributed by atoms with Gasteiger partial charge in [-0.3, -0.25) is 0 Å². The van der Waals surface area contributed by atoms with E-state index in [2.05, 4.69) is 25.3 Å². The molecule has 1 aliphatic rings. The number of aromatic nitrogens is 2. The maximum absolute atomic E-state index is 13.0. The quantitative estimate of drug-likeness (QED) is 0.280. The van der Waals surface area contributed by atoms with E-state index < -0.39 is 24.7 Å². The third-order valence-corrected chi connectivity index (χ3v) is 5.99. The number of ether oxygens (including phenoxy) is 2. The third kappa shape index (κ3) is 5.09. The molecule has 0 saturated carbocycles. The van der Waals surface area contributed by atoms with Gasteiger partial charge in [0.1, 0.15) is 17.1 Å². The first kappa shape index (κ1) is 23.4. The van der Waals surface area contributed by atoms with Gasteiger partial charge in [0.25, 0.3) is 0 Å². The number of amides is 2. The Morgan fingerprint density at radius 2 is 1.91 bits per heavy atom. The fourth-order valence-electron chi connectivity index (χ4n) is 3.57. The Hall–Kier alpha value is -3.73. The second kappa shape index (κ2) is 10.5. The lowest BCUT2D eigenvalue weighted by atomic mass is 9.95. The summed E-state index contributed by atoms with van der Waals surface area (Å²) in [7, 11) is 0. The van der Waals surface area contributed by atoms with E-state index in [-0.39, 0.29) is 34.9 Å². The lowest BCUT2D eigenvalue weighted by Gasteiger charge is -2.30. The Kier molecular flexibility index (Phi) is 7.21. The monoisotopic (exact) mass is 486 g/mol. The number of nitrogens with zero attached hydrogens (tertiary/aromatic N) is 2. The molecule has 11 heteroatoms. The lowest BCUT2D eigenvalue weighted by Crippen LogP contribution is -2.46. The molecule has 2 amide bonds. The van der Waals surface area contributed by atoms with E-state index >= 15 is 0 Å². The van der Waals surface area contributed by atoms with Crippen LogP contribution in [0.2, 0.25) is 0 Å². The molecule has 0 saturated heterocycles. The second-order valence-corrected chi connectivity index (χ2v) is 8.01. The second-order valence-electron chi connectivity index (χ2n) is 7.05. The highest BCUT2D eigenvalue weighted by Gasteiger charge is 2.35. The first-order chi connectivity index (χ1) is 16.5. The largest absolute Gasteiger partial charge is 0.463 e. The van der Waals surface area contributed by atoms with Crippen LogP contribution in [-0.2, 0) is 9.53 Å². The first-order valence-electron chi connectivity index (χ1n) is 10.3. The van der Waals surface area contributed by atoms with Gasteiger partial charge in [-0.15, -0.1) is 0 Å². The predicted octanol–water partition coefficient (Wildman–Crippen LogP) is 4.19. The molecule has 0 spiro atoms. The molecule has 0 aliphatic carbocycles. The smallest absolute Gasteiger partial charge is 0.387 e. The van der Waals surface area contributed by atoms with Crippen LogP contribution in [0, 0.1) is 0 Å². The molecule has 0 fully saturated rings. The van der Waals surface area contributed by atoms with Crippen LogP contribution in [0.4, 0.5) is 13.6 Å². The van der Waals surface area contributed by atoms with Crippen molar-refractivity contribution in [2.45, 2.75) is 24.6 Å². The fraction of sp³-hybridized carbons (Fsp3) is 0.217. The zero-order valence-electron chi connectivity index (χ0n) is 18.0. The number of benzene rings is 2. The van der Waals surface area contributed by atoms with Crippen molar-refractivity contribution in [1.29, 1.82) is 0 Å². The summed E-state index contributed by atoms with van der Waals surface area (Å²) >= 11 is 1.30. The summed E-state index contributed by atoms with van der Waals surface area (Å²) in [5.41, 5.74) is 1.34. The highest BCUT2D eigenvalue weighted by molar-refractivity contribution is 7.99. The van der Waals surface area contributed by atoms with Gasteiger partial charge in [-0.05, 0) is 19.1 Å². The minimum atomic E-state index is -3.07. The van der Waals surface area contributed by atoms with E-state index in [1.165, 1.54) is 36.3 Å². The number of alkyl halides is 2. The molecule has 8 nitrogen and oxygen atoms in total. The molecule has 1 aromatic heterocycles. The van der Waals surface area contributed by atoms with Crippen molar-refractivity contribution in [3.05, 3.63) is 71.7 Å². The number of nitrogens with one attached hydrogen (secondary N) is 2. The van der Waals surface area contributed by atoms with Crippen molar-refractivity contribution >= 4 is 34.7 Å². The lowest BCUT2D eigenvalue weighted by molar-refractivity contribution is -0.139. The van der Waals surface area contributed by atoms with Crippen molar-refractivity contribution in [3.63, 3.8) is 0 Å². The van der Waals surface area contributed by atoms with Crippen molar-refractivity contribution in [3.8, 4) is 5.75 Å². The van der Waals surface area contributed by atoms with Crippen LogP contribution in [-0.4, -0.2) is 40.9 Å². The third-order valence-electron chi connectivity index (χ3n) is 4.95. The molecule has 34 heavy (non-hydrogen) atoms. The molecular formula is C23H20F2N4O4S. The van der Waals surface area contributed by atoms with Gasteiger partial charge in [0.2, 0.25) is 0 Å². The van der Waals surface area contributed by atoms with Crippen LogP contribution in [0.25, 0.3) is 10.9 Å². The van der Waals surface area contributed by atoms with Crippen LogP contribution in [0.15, 0.2) is 71.2 Å². The molecule has 0 bridgehead atoms. The molecule has 1 atom stereocenters. The average molecular weight is 487 g/mol. The molecule has 2 aromatic carbocycles. The zero-order chi connectivity index (χ0) is 24.1. The number of thioether (sulfide) groups is 1. The van der Waals surface area contributed by atoms with Crippen LogP contribution in [0.5, 0.6) is 5.75 Å². The van der Waals surface area contributed by atoms with Gasteiger partial charge < -0.3 is 20.1 Å². The normalized spacial score (nSPS) is 15.8. The Balaban J connectivity index is 1.74. The van der Waals surface area contributed by atoms with Gasteiger partial charge in [0.15, 0.2) is 0 Å². The van der Waals surface area contributed by atoms with Crippen LogP contribution in [0.3, 0.4) is 0 Å². The fourth-order valence-corrected chi connectivity index (χ4v) is 4.53. The highest BCUT2D eigenvalue weighted by atomic mass is 32.2. The molecule has 176 valence electrons. The number of rotatable bonds is 8. The maximum Gasteiger partial charge on any atom is 0.387 e. The number of urea groups is 1. The molecule has 4 rings (SSSR count). The van der Waals surface area contributed by atoms with Crippen molar-refractivity contribution in [2.24, 2.45) is 0 Å². The Bertz CT molecular complexity index is 1250. The van der Waals surface area contributed by atoms with Crippen molar-refractivity contribution in [2.75, 3.05) is 12.4 Å². The molecule has 0 unspecified atom stereocenters. The summed E-state index contributed by atoms with van der Waals surface area (Å²) in [5, 5.41) is 6.76. The highest BCUT2D eigenvalue weighted by Crippen LogP contribution is 2.36. The minimum Gasteiger partial charge on any atom is -0.463 e. The first-order valence-corrected chi connectivity index (χ1v) is 11.3. The number of carbonyl (C=O) groups is 2. The van der Waals surface area contributed by atoms with Crippen LogP contribution >= 0.6 is 11.8 Å². The molecule has 1 aliphatic heterocycles. The summed E-state index contributed by atoms with van der Waals surface area (Å²) in [6, 6.07) is 11.8. The van der Waals surface area contributed by atoms with Gasteiger partial charge >= 0.3 is 18.6 Å². The number of para-hydroxylation sites is 2. The van der Waals surface area contributed by atoms with E-state index in [1.807, 2.05) is 24.3 Å². The topological polar surface area (TPSA) is 102 Å². The molecular weight excluding hydrogens is 466 g/mol.